The van der Waals surface area contributed by atoms with Crippen molar-refractivity contribution in [2.45, 2.75) is 12.8 Å². The molecule has 0 aliphatic carbocycles. The van der Waals surface area contributed by atoms with Crippen LogP contribution in [0.25, 0.3) is 10.9 Å². The molecule has 1 atom stereocenters. The lowest BCUT2D eigenvalue weighted by atomic mass is 9.99. The molecule has 1 amide bonds. The zero-order valence-electron chi connectivity index (χ0n) is 20.7. The summed E-state index contributed by atoms with van der Waals surface area (Å²) >= 11 is 5.92. The van der Waals surface area contributed by atoms with Gasteiger partial charge >= 0.3 is 0 Å². The van der Waals surface area contributed by atoms with Crippen LogP contribution in [0.5, 0.6) is 5.75 Å². The van der Waals surface area contributed by atoms with Crippen molar-refractivity contribution in [3.63, 3.8) is 0 Å². The Balaban J connectivity index is 0.00000400. The van der Waals surface area contributed by atoms with Crippen LogP contribution in [0.4, 0.5) is 21.5 Å². The van der Waals surface area contributed by atoms with E-state index in [4.69, 9.17) is 16.3 Å². The molecule has 0 saturated carbocycles. The number of aliphatic hydroxyl groups excluding tert-OH is 1. The van der Waals surface area contributed by atoms with Gasteiger partial charge in [0.1, 0.15) is 17.6 Å². The number of hydrogen-bond acceptors (Lipinski definition) is 7. The number of aliphatic hydroxyl groups is 1. The molecule has 1 aliphatic heterocycles. The highest BCUT2D eigenvalue weighted by molar-refractivity contribution is 6.31. The van der Waals surface area contributed by atoms with Crippen molar-refractivity contribution in [3.8, 4) is 11.8 Å². The molecule has 38 heavy (non-hydrogen) atoms. The van der Waals surface area contributed by atoms with Gasteiger partial charge in [0.15, 0.2) is 0 Å². The molecular formula is C27H28Cl2FN5O3. The highest BCUT2D eigenvalue weighted by Gasteiger charge is 2.18. The lowest BCUT2D eigenvalue weighted by Gasteiger charge is -2.30. The van der Waals surface area contributed by atoms with Gasteiger partial charge in [-0.15, -0.1) is 12.4 Å². The van der Waals surface area contributed by atoms with E-state index in [1.165, 1.54) is 37.6 Å². The van der Waals surface area contributed by atoms with Crippen molar-refractivity contribution >= 4 is 57.9 Å². The first-order valence-electron chi connectivity index (χ1n) is 11.9. The minimum Gasteiger partial charge on any atom is -0.494 e. The number of anilines is 3. The summed E-state index contributed by atoms with van der Waals surface area (Å²) in [5.41, 5.74) is 2.12. The third-order valence-electron chi connectivity index (χ3n) is 6.25. The first kappa shape index (κ1) is 29.1. The topological polar surface area (TPSA) is 111 Å². The maximum absolute atomic E-state index is 13.6. The number of benzene rings is 2. The van der Waals surface area contributed by atoms with E-state index in [0.29, 0.717) is 40.3 Å². The first-order chi connectivity index (χ1) is 17.9. The number of piperidine rings is 1. The van der Waals surface area contributed by atoms with Crippen molar-refractivity contribution in [1.29, 1.82) is 5.26 Å². The van der Waals surface area contributed by atoms with E-state index in [0.717, 1.165) is 25.9 Å². The third-order valence-corrected chi connectivity index (χ3v) is 6.54. The average molecular weight is 560 g/mol. The normalized spacial score (nSPS) is 15.6. The molecule has 1 unspecified atom stereocenters. The number of nitriles is 1. The molecule has 8 nitrogen and oxygen atoms in total. The second-order valence-electron chi connectivity index (χ2n) is 8.82. The minimum atomic E-state index is -0.552. The minimum absolute atomic E-state index is 0. The van der Waals surface area contributed by atoms with Gasteiger partial charge in [-0.05, 0) is 49.6 Å². The van der Waals surface area contributed by atoms with Crippen LogP contribution in [-0.2, 0) is 4.79 Å². The Labute approximate surface area is 231 Å². The zero-order valence-corrected chi connectivity index (χ0v) is 22.3. The molecule has 0 spiro atoms. The van der Waals surface area contributed by atoms with E-state index in [2.05, 4.69) is 26.6 Å². The van der Waals surface area contributed by atoms with E-state index < -0.39 is 5.82 Å². The van der Waals surface area contributed by atoms with Gasteiger partial charge in [-0.25, -0.2) is 4.39 Å². The summed E-state index contributed by atoms with van der Waals surface area (Å²) in [5, 5.41) is 25.5. The molecule has 1 aromatic heterocycles. The maximum atomic E-state index is 13.6. The van der Waals surface area contributed by atoms with Crippen molar-refractivity contribution < 1.29 is 19.0 Å². The van der Waals surface area contributed by atoms with Crippen molar-refractivity contribution in [2.75, 3.05) is 44.0 Å². The monoisotopic (exact) mass is 559 g/mol. The predicted molar refractivity (Wildman–Crippen MR) is 149 cm³/mol. The Hall–Kier alpha value is -3.42. The van der Waals surface area contributed by atoms with Crippen LogP contribution in [0.15, 0.2) is 48.7 Å². The number of nitrogens with zero attached hydrogens (tertiary/aromatic N) is 3. The van der Waals surface area contributed by atoms with Crippen LogP contribution in [0.3, 0.4) is 0 Å². The number of pyridine rings is 1. The molecule has 1 fully saturated rings. The SMILES string of the molecule is COc1cc2ncc(C#N)c(Nc3ccc(F)c(Cl)c3)c2cc1NC(=O)C=CCN1CCCC(CO)C1.Cl. The van der Waals surface area contributed by atoms with Gasteiger partial charge < -0.3 is 20.5 Å². The quantitative estimate of drug-likeness (QED) is 0.322. The first-order valence-corrected chi connectivity index (χ1v) is 12.2. The Morgan fingerprint density at radius 2 is 2.21 bits per heavy atom. The van der Waals surface area contributed by atoms with E-state index in [9.17, 15) is 19.6 Å². The second kappa shape index (κ2) is 13.4. The van der Waals surface area contributed by atoms with Crippen molar-refractivity contribution in [1.82, 2.24) is 9.88 Å². The van der Waals surface area contributed by atoms with Crippen molar-refractivity contribution in [3.05, 3.63) is 65.1 Å². The highest BCUT2D eigenvalue weighted by atomic mass is 35.5. The fourth-order valence-corrected chi connectivity index (χ4v) is 4.55. The smallest absolute Gasteiger partial charge is 0.248 e. The molecule has 0 radical (unpaired) electrons. The largest absolute Gasteiger partial charge is 0.494 e. The Morgan fingerprint density at radius 3 is 2.92 bits per heavy atom. The average Bonchev–Trinajstić information content (AvgIpc) is 2.90. The molecule has 3 N–H and O–H groups in total. The van der Waals surface area contributed by atoms with Crippen LogP contribution in [-0.4, -0.2) is 54.2 Å². The molecule has 4 rings (SSSR count). The summed E-state index contributed by atoms with van der Waals surface area (Å²) in [6, 6.07) is 9.62. The number of methoxy groups -OCH3 is 1. The van der Waals surface area contributed by atoms with E-state index in [-0.39, 0.29) is 41.4 Å². The summed E-state index contributed by atoms with van der Waals surface area (Å²) in [6.45, 7) is 2.53. The zero-order chi connectivity index (χ0) is 26.4. The van der Waals surface area contributed by atoms with Crippen LogP contribution in [0.1, 0.15) is 18.4 Å². The number of nitrogens with one attached hydrogen (secondary N) is 2. The number of rotatable bonds is 8. The Bertz CT molecular complexity index is 1380. The highest BCUT2D eigenvalue weighted by Crippen LogP contribution is 2.36. The lowest BCUT2D eigenvalue weighted by Crippen LogP contribution is -2.36. The molecule has 3 aromatic rings. The van der Waals surface area contributed by atoms with Crippen molar-refractivity contribution in [2.24, 2.45) is 5.92 Å². The van der Waals surface area contributed by atoms with Crippen LogP contribution < -0.4 is 15.4 Å². The van der Waals surface area contributed by atoms with Gasteiger partial charge in [0, 0.05) is 49.1 Å². The lowest BCUT2D eigenvalue weighted by molar-refractivity contribution is -0.111. The summed E-state index contributed by atoms with van der Waals surface area (Å²) in [4.78, 5) is 19.3. The summed E-state index contributed by atoms with van der Waals surface area (Å²) in [5.74, 6) is -0.205. The molecule has 2 aromatic carbocycles. The fraction of sp³-hybridized carbons (Fsp3) is 0.296. The van der Waals surface area contributed by atoms with Crippen LogP contribution in [0.2, 0.25) is 5.02 Å². The van der Waals surface area contributed by atoms with Gasteiger partial charge in [-0.2, -0.15) is 5.26 Å². The summed E-state index contributed by atoms with van der Waals surface area (Å²) in [7, 11) is 1.49. The number of fused-ring (bicyclic) bond motifs is 1. The Morgan fingerprint density at radius 1 is 1.39 bits per heavy atom. The molecule has 11 heteroatoms. The number of aromatic nitrogens is 1. The second-order valence-corrected chi connectivity index (χ2v) is 9.23. The van der Waals surface area contributed by atoms with Gasteiger partial charge in [-0.1, -0.05) is 17.7 Å². The number of carbonyl (C=O) groups excluding carboxylic acids is 1. The van der Waals surface area contributed by atoms with E-state index >= 15 is 0 Å². The third kappa shape index (κ3) is 6.91. The summed E-state index contributed by atoms with van der Waals surface area (Å²) < 4.78 is 19.1. The maximum Gasteiger partial charge on any atom is 0.248 e. The fourth-order valence-electron chi connectivity index (χ4n) is 4.37. The van der Waals surface area contributed by atoms with Gasteiger partial charge in [0.25, 0.3) is 0 Å². The van der Waals surface area contributed by atoms with Gasteiger partial charge in [0.2, 0.25) is 5.91 Å². The van der Waals surface area contributed by atoms with Crippen LogP contribution in [0, 0.1) is 23.1 Å². The number of ether oxygens (including phenoxy) is 1. The van der Waals surface area contributed by atoms with Crippen LogP contribution >= 0.6 is 24.0 Å². The molecule has 0 bridgehead atoms. The summed E-state index contributed by atoms with van der Waals surface area (Å²) in [6.07, 6.45) is 6.74. The van der Waals surface area contributed by atoms with Gasteiger partial charge in [0.05, 0.1) is 34.6 Å². The number of hydrogen-bond donors (Lipinski definition) is 3. The number of halogens is 3. The number of carbonyl (C=O) groups is 1. The molecule has 200 valence electrons. The molecular weight excluding hydrogens is 532 g/mol. The molecule has 1 aliphatic rings. The predicted octanol–water partition coefficient (Wildman–Crippen LogP) is 5.27. The number of likely N-dealkylation sites (tertiary alicyclic amines) is 1. The molecule has 2 heterocycles. The van der Waals surface area contributed by atoms with E-state index in [1.807, 2.05) is 0 Å². The Kier molecular flexibility index (Phi) is 10.3. The van der Waals surface area contributed by atoms with E-state index in [1.54, 1.807) is 18.2 Å². The van der Waals surface area contributed by atoms with Gasteiger partial charge in [-0.3, -0.25) is 14.7 Å². The standard InChI is InChI=1S/C27H27ClFN5O3.ClH/c1-37-25-12-23-20(27(18(13-30)14-31-23)32-19-6-7-22(29)21(28)10-19)11-24(25)33-26(36)5-3-9-34-8-2-4-17(15-34)16-35;/h3,5-7,10-12,14,17,35H,2,4,8-9,15-16H2,1H3,(H,31,32)(H,33,36);1H. The number of amides is 1. The molecule has 1 saturated heterocycles.